The number of Topliss-reactive ketones (excluding diaryl/α,β-unsaturated/α-hetero) is 1. The summed E-state index contributed by atoms with van der Waals surface area (Å²) in [5.41, 5.74) is 7.18. The van der Waals surface area contributed by atoms with E-state index in [0.717, 1.165) is 18.8 Å². The zero-order valence-electron chi connectivity index (χ0n) is 13.6. The van der Waals surface area contributed by atoms with E-state index in [1.54, 1.807) is 6.92 Å². The van der Waals surface area contributed by atoms with Gasteiger partial charge in [0.25, 0.3) is 0 Å². The lowest BCUT2D eigenvalue weighted by molar-refractivity contribution is -0.117. The van der Waals surface area contributed by atoms with Gasteiger partial charge in [-0.2, -0.15) is 0 Å². The molecule has 118 valence electrons. The van der Waals surface area contributed by atoms with E-state index in [2.05, 4.69) is 11.9 Å². The zero-order valence-corrected chi connectivity index (χ0v) is 13.6. The average Bonchev–Trinajstić information content (AvgIpc) is 2.43. The Hall–Kier alpha value is -0.765. The van der Waals surface area contributed by atoms with Crippen LogP contribution in [0.25, 0.3) is 0 Å². The Morgan fingerprint density at radius 2 is 1.81 bits per heavy atom. The van der Waals surface area contributed by atoms with E-state index in [-0.39, 0.29) is 0 Å². The van der Waals surface area contributed by atoms with E-state index in [0.29, 0.717) is 23.7 Å². The largest absolute Gasteiger partial charge is 0.394 e. The molecule has 2 fully saturated rings. The summed E-state index contributed by atoms with van der Waals surface area (Å²) in [5.74, 6) is 2.31. The Morgan fingerprint density at radius 1 is 1.14 bits per heavy atom. The van der Waals surface area contributed by atoms with Gasteiger partial charge in [0.05, 0.1) is 0 Å². The number of rotatable bonds is 6. The van der Waals surface area contributed by atoms with E-state index >= 15 is 0 Å². The van der Waals surface area contributed by atoms with Crippen molar-refractivity contribution in [2.45, 2.75) is 76.6 Å². The van der Waals surface area contributed by atoms with Crippen molar-refractivity contribution in [2.24, 2.45) is 17.6 Å². The van der Waals surface area contributed by atoms with Crippen LogP contribution in [0.3, 0.4) is 0 Å². The Kier molecular flexibility index (Phi) is 6.34. The molecule has 0 aromatic heterocycles. The SMILES string of the molecule is C=C(C[C@H]1CC[C@@H](N)CC1)NC1BCC(CC(C)=O)CC1. The molecule has 2 atom stereocenters. The first-order valence-electron chi connectivity index (χ1n) is 8.72. The Labute approximate surface area is 130 Å². The number of hydrogen-bond acceptors (Lipinski definition) is 3. The van der Waals surface area contributed by atoms with Gasteiger partial charge in [0, 0.05) is 18.2 Å². The third kappa shape index (κ3) is 5.86. The minimum atomic E-state index is 0.339. The highest BCUT2D eigenvalue weighted by Crippen LogP contribution is 2.28. The third-order valence-electron chi connectivity index (χ3n) is 5.26. The molecule has 0 radical (unpaired) electrons. The summed E-state index contributed by atoms with van der Waals surface area (Å²) in [6.07, 6.45) is 10.3. The normalized spacial score (nSPS) is 33.0. The van der Waals surface area contributed by atoms with Crippen LogP contribution in [0.5, 0.6) is 0 Å². The molecule has 2 rings (SSSR count). The van der Waals surface area contributed by atoms with Gasteiger partial charge in [0.2, 0.25) is 0 Å². The first-order valence-corrected chi connectivity index (χ1v) is 8.72. The summed E-state index contributed by atoms with van der Waals surface area (Å²) in [6, 6.07) is 0.430. The molecule has 0 amide bonds. The van der Waals surface area contributed by atoms with Gasteiger partial charge in [-0.1, -0.05) is 12.9 Å². The summed E-state index contributed by atoms with van der Waals surface area (Å²) in [7, 11) is 1.19. The van der Waals surface area contributed by atoms with Gasteiger partial charge in [-0.3, -0.25) is 0 Å². The molecule has 3 nitrogen and oxygen atoms in total. The maximum absolute atomic E-state index is 11.2. The minimum absolute atomic E-state index is 0.339. The molecule has 2 aliphatic rings. The number of carbonyl (C=O) groups is 1. The van der Waals surface area contributed by atoms with Crippen LogP contribution >= 0.6 is 0 Å². The maximum atomic E-state index is 11.2. The van der Waals surface area contributed by atoms with Crippen molar-refractivity contribution in [1.29, 1.82) is 0 Å². The molecule has 1 aliphatic heterocycles. The van der Waals surface area contributed by atoms with Gasteiger partial charge in [-0.05, 0) is 69.6 Å². The van der Waals surface area contributed by atoms with Gasteiger partial charge < -0.3 is 15.8 Å². The fourth-order valence-corrected chi connectivity index (χ4v) is 4.01. The molecule has 1 saturated heterocycles. The number of nitrogens with one attached hydrogen (secondary N) is 1. The highest BCUT2D eigenvalue weighted by Gasteiger charge is 2.24. The van der Waals surface area contributed by atoms with Gasteiger partial charge in [0.15, 0.2) is 0 Å². The van der Waals surface area contributed by atoms with Crippen molar-refractivity contribution in [2.75, 3.05) is 0 Å². The second-order valence-electron chi connectivity index (χ2n) is 7.36. The number of carbonyl (C=O) groups excluding carboxylic acids is 1. The van der Waals surface area contributed by atoms with Crippen molar-refractivity contribution in [3.63, 3.8) is 0 Å². The van der Waals surface area contributed by atoms with E-state index in [1.807, 2.05) is 0 Å². The molecule has 0 bridgehead atoms. The second kappa shape index (κ2) is 8.02. The third-order valence-corrected chi connectivity index (χ3v) is 5.26. The van der Waals surface area contributed by atoms with Gasteiger partial charge >= 0.3 is 0 Å². The van der Waals surface area contributed by atoms with Crippen molar-refractivity contribution in [3.8, 4) is 0 Å². The molecule has 3 N–H and O–H groups in total. The highest BCUT2D eigenvalue weighted by atomic mass is 16.1. The quantitative estimate of drug-likeness (QED) is 0.739. The molecular weight excluding hydrogens is 259 g/mol. The summed E-state index contributed by atoms with van der Waals surface area (Å²) >= 11 is 0. The van der Waals surface area contributed by atoms with Crippen LogP contribution in [0, 0.1) is 11.8 Å². The van der Waals surface area contributed by atoms with Crippen molar-refractivity contribution in [1.82, 2.24) is 5.32 Å². The topological polar surface area (TPSA) is 55.1 Å². The van der Waals surface area contributed by atoms with Crippen LogP contribution in [0.4, 0.5) is 0 Å². The van der Waals surface area contributed by atoms with Crippen molar-refractivity contribution in [3.05, 3.63) is 12.3 Å². The average molecular weight is 290 g/mol. The van der Waals surface area contributed by atoms with E-state index in [1.165, 1.54) is 57.8 Å². The lowest BCUT2D eigenvalue weighted by atomic mass is 9.55. The minimum Gasteiger partial charge on any atom is -0.394 e. The Bertz CT molecular complexity index is 356. The summed E-state index contributed by atoms with van der Waals surface area (Å²) in [5, 5.41) is 3.64. The molecule has 4 heteroatoms. The van der Waals surface area contributed by atoms with Crippen LogP contribution < -0.4 is 11.1 Å². The van der Waals surface area contributed by atoms with Crippen LogP contribution in [0.2, 0.25) is 6.32 Å². The van der Waals surface area contributed by atoms with Crippen LogP contribution in [-0.4, -0.2) is 25.0 Å². The molecule has 0 spiro atoms. The van der Waals surface area contributed by atoms with Gasteiger partial charge in [-0.15, -0.1) is 0 Å². The molecule has 1 heterocycles. The molecule has 0 aromatic rings. The van der Waals surface area contributed by atoms with E-state index < -0.39 is 0 Å². The molecule has 21 heavy (non-hydrogen) atoms. The lowest BCUT2D eigenvalue weighted by Crippen LogP contribution is -2.39. The predicted octanol–water partition coefficient (Wildman–Crippen LogP) is 2.57. The second-order valence-corrected chi connectivity index (χ2v) is 7.36. The molecule has 0 aromatic carbocycles. The standard InChI is InChI=1S/C17H31BN2O/c1-12(9-14-3-6-16(19)7-4-14)20-17-8-5-15(11-18-17)10-13(2)21/h14-18,20H,1,3-11,19H2,2H3/t14-,15?,16+,17?. The van der Waals surface area contributed by atoms with Crippen LogP contribution in [0.1, 0.15) is 58.3 Å². The zero-order chi connectivity index (χ0) is 15.2. The molecule has 2 unspecified atom stereocenters. The van der Waals surface area contributed by atoms with Crippen molar-refractivity contribution < 1.29 is 4.79 Å². The lowest BCUT2D eigenvalue weighted by Gasteiger charge is -2.31. The fourth-order valence-electron chi connectivity index (χ4n) is 4.01. The summed E-state index contributed by atoms with van der Waals surface area (Å²) in [6.45, 7) is 5.94. The number of hydrogen-bond donors (Lipinski definition) is 2. The summed E-state index contributed by atoms with van der Waals surface area (Å²) in [4.78, 5) is 11.2. The Balaban J connectivity index is 1.64. The fraction of sp³-hybridized carbons (Fsp3) is 0.824. The Morgan fingerprint density at radius 3 is 2.38 bits per heavy atom. The first-order chi connectivity index (χ1) is 10.0. The number of nitrogens with two attached hydrogens (primary N) is 1. The van der Waals surface area contributed by atoms with Crippen molar-refractivity contribution >= 4 is 13.1 Å². The maximum Gasteiger partial charge on any atom is 0.149 e. The number of allylic oxidation sites excluding steroid dienone is 1. The van der Waals surface area contributed by atoms with Gasteiger partial charge in [0.1, 0.15) is 13.1 Å². The summed E-state index contributed by atoms with van der Waals surface area (Å²) < 4.78 is 0. The smallest absolute Gasteiger partial charge is 0.149 e. The highest BCUT2D eigenvalue weighted by molar-refractivity contribution is 6.38. The monoisotopic (exact) mass is 290 g/mol. The molecule has 1 aliphatic carbocycles. The molecule has 1 saturated carbocycles. The van der Waals surface area contributed by atoms with Crippen LogP contribution in [-0.2, 0) is 4.79 Å². The van der Waals surface area contributed by atoms with E-state index in [9.17, 15) is 4.79 Å². The van der Waals surface area contributed by atoms with Gasteiger partial charge in [-0.25, -0.2) is 0 Å². The molecular formula is C17H31BN2O. The number of ketones is 1. The first kappa shape index (κ1) is 16.6. The predicted molar refractivity (Wildman–Crippen MR) is 90.6 cm³/mol. The van der Waals surface area contributed by atoms with Crippen LogP contribution in [0.15, 0.2) is 12.3 Å². The van der Waals surface area contributed by atoms with E-state index in [4.69, 9.17) is 5.73 Å².